The summed E-state index contributed by atoms with van der Waals surface area (Å²) in [6.07, 6.45) is 1.69. The van der Waals surface area contributed by atoms with Crippen molar-refractivity contribution in [3.63, 3.8) is 0 Å². The minimum Gasteiger partial charge on any atom is -0.468 e. The van der Waals surface area contributed by atoms with Gasteiger partial charge in [0.15, 0.2) is 0 Å². The van der Waals surface area contributed by atoms with Crippen molar-refractivity contribution in [3.05, 3.63) is 36.0 Å². The van der Waals surface area contributed by atoms with Crippen LogP contribution in [0.1, 0.15) is 38.3 Å². The molecule has 1 N–H and O–H groups in total. The van der Waals surface area contributed by atoms with Crippen molar-refractivity contribution < 1.29 is 4.42 Å². The summed E-state index contributed by atoms with van der Waals surface area (Å²) in [5.41, 5.74) is 0. The summed E-state index contributed by atoms with van der Waals surface area (Å²) < 4.78 is 5.33. The zero-order chi connectivity index (χ0) is 13.7. The van der Waals surface area contributed by atoms with E-state index in [1.54, 1.807) is 18.0 Å². The maximum atomic E-state index is 5.33. The molecule has 0 fully saturated rings. The van der Waals surface area contributed by atoms with Crippen molar-refractivity contribution in [3.8, 4) is 0 Å². The molecule has 0 spiro atoms. The third-order valence-electron chi connectivity index (χ3n) is 2.54. The second-order valence-electron chi connectivity index (χ2n) is 4.50. The summed E-state index contributed by atoms with van der Waals surface area (Å²) >= 11 is 1.66. The van der Waals surface area contributed by atoms with Crippen LogP contribution >= 0.6 is 11.8 Å². The van der Waals surface area contributed by atoms with Crippen LogP contribution in [0.5, 0.6) is 0 Å². The first-order chi connectivity index (χ1) is 9.19. The summed E-state index contributed by atoms with van der Waals surface area (Å²) in [6, 6.07) is 5.87. The SMILES string of the molecule is CCNc1cc(SCc2ccco2)nc(C(C)C)n1. The molecule has 102 valence electrons. The van der Waals surface area contributed by atoms with Crippen molar-refractivity contribution in [1.82, 2.24) is 9.97 Å². The highest BCUT2D eigenvalue weighted by Crippen LogP contribution is 2.24. The van der Waals surface area contributed by atoms with Crippen LogP contribution in [-0.2, 0) is 5.75 Å². The molecule has 0 bridgehead atoms. The Morgan fingerprint density at radius 1 is 1.37 bits per heavy atom. The molecule has 0 amide bonds. The third kappa shape index (κ3) is 3.99. The molecular weight excluding hydrogens is 258 g/mol. The highest BCUT2D eigenvalue weighted by Gasteiger charge is 2.09. The molecule has 0 radical (unpaired) electrons. The summed E-state index contributed by atoms with van der Waals surface area (Å²) in [5.74, 6) is 3.83. The van der Waals surface area contributed by atoms with Crippen molar-refractivity contribution in [2.75, 3.05) is 11.9 Å². The van der Waals surface area contributed by atoms with E-state index in [2.05, 4.69) is 36.1 Å². The Morgan fingerprint density at radius 3 is 2.84 bits per heavy atom. The second-order valence-corrected chi connectivity index (χ2v) is 5.50. The van der Waals surface area contributed by atoms with Gasteiger partial charge in [-0.15, -0.1) is 0 Å². The van der Waals surface area contributed by atoms with Gasteiger partial charge in [0.1, 0.15) is 22.4 Å². The number of hydrogen-bond acceptors (Lipinski definition) is 5. The van der Waals surface area contributed by atoms with Crippen molar-refractivity contribution in [1.29, 1.82) is 0 Å². The second kappa shape index (κ2) is 6.61. The average Bonchev–Trinajstić information content (AvgIpc) is 2.89. The number of rotatable bonds is 6. The zero-order valence-electron chi connectivity index (χ0n) is 11.5. The largest absolute Gasteiger partial charge is 0.468 e. The number of thioether (sulfide) groups is 1. The Balaban J connectivity index is 2.13. The van der Waals surface area contributed by atoms with Crippen LogP contribution < -0.4 is 5.32 Å². The summed E-state index contributed by atoms with van der Waals surface area (Å²) in [4.78, 5) is 9.09. The van der Waals surface area contributed by atoms with Gasteiger partial charge in [0.25, 0.3) is 0 Å². The molecule has 0 unspecified atom stereocenters. The molecule has 0 saturated heterocycles. The van der Waals surface area contributed by atoms with E-state index in [4.69, 9.17) is 4.42 Å². The quantitative estimate of drug-likeness (QED) is 0.640. The topological polar surface area (TPSA) is 51.0 Å². The first-order valence-electron chi connectivity index (χ1n) is 6.47. The van der Waals surface area contributed by atoms with Crippen LogP contribution in [0.15, 0.2) is 33.9 Å². The molecule has 0 atom stereocenters. The number of furan rings is 1. The van der Waals surface area contributed by atoms with Crippen molar-refractivity contribution >= 4 is 17.6 Å². The highest BCUT2D eigenvalue weighted by atomic mass is 32.2. The Bertz CT molecular complexity index is 511. The number of nitrogens with one attached hydrogen (secondary N) is 1. The standard InChI is InChI=1S/C14H19N3OS/c1-4-15-12-8-13(17-14(16-12)10(2)3)19-9-11-6-5-7-18-11/h5-8,10H,4,9H2,1-3H3,(H,15,16,17). The minimum atomic E-state index is 0.321. The normalized spacial score (nSPS) is 10.9. The van der Waals surface area contributed by atoms with Gasteiger partial charge in [-0.25, -0.2) is 9.97 Å². The summed E-state index contributed by atoms with van der Waals surface area (Å²) in [6.45, 7) is 7.13. The van der Waals surface area contributed by atoms with E-state index in [0.29, 0.717) is 5.92 Å². The molecule has 0 saturated carbocycles. The lowest BCUT2D eigenvalue weighted by molar-refractivity contribution is 0.530. The lowest BCUT2D eigenvalue weighted by Crippen LogP contribution is -2.05. The fourth-order valence-corrected chi connectivity index (χ4v) is 2.39. The molecular formula is C14H19N3OS. The molecule has 2 aromatic rings. The summed E-state index contributed by atoms with van der Waals surface area (Å²) in [5, 5.41) is 4.23. The third-order valence-corrected chi connectivity index (χ3v) is 3.47. The summed E-state index contributed by atoms with van der Waals surface area (Å²) in [7, 11) is 0. The molecule has 0 aliphatic heterocycles. The average molecular weight is 277 g/mol. The highest BCUT2D eigenvalue weighted by molar-refractivity contribution is 7.98. The number of hydrogen-bond donors (Lipinski definition) is 1. The van der Waals surface area contributed by atoms with Crippen LogP contribution in [0.3, 0.4) is 0 Å². The Morgan fingerprint density at radius 2 is 2.21 bits per heavy atom. The fourth-order valence-electron chi connectivity index (χ4n) is 1.59. The van der Waals surface area contributed by atoms with E-state index >= 15 is 0 Å². The first-order valence-corrected chi connectivity index (χ1v) is 7.45. The van der Waals surface area contributed by atoms with Gasteiger partial charge in [0.2, 0.25) is 0 Å². The molecule has 0 aromatic carbocycles. The molecule has 5 heteroatoms. The van der Waals surface area contributed by atoms with Gasteiger partial charge in [-0.05, 0) is 19.1 Å². The molecule has 2 heterocycles. The molecule has 2 aromatic heterocycles. The predicted molar refractivity (Wildman–Crippen MR) is 78.6 cm³/mol. The monoisotopic (exact) mass is 277 g/mol. The van der Waals surface area contributed by atoms with Crippen LogP contribution in [-0.4, -0.2) is 16.5 Å². The lowest BCUT2D eigenvalue weighted by atomic mass is 10.2. The van der Waals surface area contributed by atoms with Crippen LogP contribution in [0.4, 0.5) is 5.82 Å². The van der Waals surface area contributed by atoms with Gasteiger partial charge in [-0.3, -0.25) is 0 Å². The molecule has 0 aliphatic carbocycles. The van der Waals surface area contributed by atoms with E-state index in [9.17, 15) is 0 Å². The maximum Gasteiger partial charge on any atom is 0.134 e. The van der Waals surface area contributed by atoms with Gasteiger partial charge >= 0.3 is 0 Å². The van der Waals surface area contributed by atoms with Crippen molar-refractivity contribution in [2.24, 2.45) is 0 Å². The molecule has 19 heavy (non-hydrogen) atoms. The minimum absolute atomic E-state index is 0.321. The van der Waals surface area contributed by atoms with Gasteiger partial charge in [-0.2, -0.15) is 0 Å². The van der Waals surface area contributed by atoms with E-state index < -0.39 is 0 Å². The molecule has 4 nitrogen and oxygen atoms in total. The number of aromatic nitrogens is 2. The van der Waals surface area contributed by atoms with E-state index in [0.717, 1.165) is 34.7 Å². The van der Waals surface area contributed by atoms with E-state index in [1.807, 2.05) is 18.2 Å². The van der Waals surface area contributed by atoms with Gasteiger partial charge in [-0.1, -0.05) is 25.6 Å². The van der Waals surface area contributed by atoms with Gasteiger partial charge in [0, 0.05) is 18.5 Å². The van der Waals surface area contributed by atoms with Crippen LogP contribution in [0.2, 0.25) is 0 Å². The smallest absolute Gasteiger partial charge is 0.134 e. The Hall–Kier alpha value is -1.49. The number of nitrogens with zero attached hydrogens (tertiary/aromatic N) is 2. The van der Waals surface area contributed by atoms with Gasteiger partial charge < -0.3 is 9.73 Å². The van der Waals surface area contributed by atoms with E-state index in [1.165, 1.54) is 0 Å². The molecule has 2 rings (SSSR count). The van der Waals surface area contributed by atoms with Crippen LogP contribution in [0, 0.1) is 0 Å². The Kier molecular flexibility index (Phi) is 4.85. The Labute approximate surface area is 118 Å². The van der Waals surface area contributed by atoms with Crippen molar-refractivity contribution in [2.45, 2.75) is 37.5 Å². The lowest BCUT2D eigenvalue weighted by Gasteiger charge is -2.10. The molecule has 0 aliphatic rings. The van der Waals surface area contributed by atoms with E-state index in [-0.39, 0.29) is 0 Å². The zero-order valence-corrected chi connectivity index (χ0v) is 12.3. The van der Waals surface area contributed by atoms with Crippen LogP contribution in [0.25, 0.3) is 0 Å². The maximum absolute atomic E-state index is 5.33. The first kappa shape index (κ1) is 13.9. The predicted octanol–water partition coefficient (Wildman–Crippen LogP) is 3.92. The van der Waals surface area contributed by atoms with Gasteiger partial charge in [0.05, 0.1) is 12.0 Å². The fraction of sp³-hybridized carbons (Fsp3) is 0.429. The number of anilines is 1.